The van der Waals surface area contributed by atoms with Crippen LogP contribution in [0.25, 0.3) is 17.1 Å². The van der Waals surface area contributed by atoms with E-state index < -0.39 is 11.7 Å². The number of carbonyl (C=O) groups excluding carboxylic acids is 1. The van der Waals surface area contributed by atoms with E-state index in [0.717, 1.165) is 12.1 Å². The lowest BCUT2D eigenvalue weighted by atomic mass is 10.1. The van der Waals surface area contributed by atoms with Gasteiger partial charge in [0, 0.05) is 18.2 Å². The molecule has 158 valence electrons. The monoisotopic (exact) mass is 418 g/mol. The second-order valence-electron chi connectivity index (χ2n) is 7.14. The van der Waals surface area contributed by atoms with E-state index in [-0.39, 0.29) is 17.8 Å². The fourth-order valence-electron chi connectivity index (χ4n) is 2.66. The molecule has 0 radical (unpaired) electrons. The summed E-state index contributed by atoms with van der Waals surface area (Å²) in [4.78, 5) is 15.6. The van der Waals surface area contributed by atoms with Crippen LogP contribution in [0.5, 0.6) is 6.01 Å². The average molecular weight is 418 g/mol. The summed E-state index contributed by atoms with van der Waals surface area (Å²) < 4.78 is 45.8. The summed E-state index contributed by atoms with van der Waals surface area (Å²) in [6.45, 7) is 5.77. The van der Waals surface area contributed by atoms with Gasteiger partial charge in [0.15, 0.2) is 5.82 Å². The SMILES string of the molecule is CC(=O)Nc1ccc(-n2nc(OCC(C)C)nc2-c2ccc(C(F)(F)F)cc2)cc1. The van der Waals surface area contributed by atoms with Gasteiger partial charge in [-0.2, -0.15) is 18.2 Å². The molecule has 1 heterocycles. The summed E-state index contributed by atoms with van der Waals surface area (Å²) in [5.41, 5.74) is 0.943. The minimum atomic E-state index is -4.42. The highest BCUT2D eigenvalue weighted by molar-refractivity contribution is 5.88. The Balaban J connectivity index is 1.99. The summed E-state index contributed by atoms with van der Waals surface area (Å²) in [7, 11) is 0. The van der Waals surface area contributed by atoms with Gasteiger partial charge in [0.1, 0.15) is 0 Å². The van der Waals surface area contributed by atoms with E-state index in [4.69, 9.17) is 4.74 Å². The number of rotatable bonds is 6. The largest absolute Gasteiger partial charge is 0.462 e. The number of aromatic nitrogens is 3. The molecular formula is C21H21F3N4O2. The van der Waals surface area contributed by atoms with Gasteiger partial charge in [-0.3, -0.25) is 4.79 Å². The molecule has 0 spiro atoms. The molecule has 0 bridgehead atoms. The molecule has 9 heteroatoms. The molecule has 0 atom stereocenters. The first-order chi connectivity index (χ1) is 14.1. The summed E-state index contributed by atoms with van der Waals surface area (Å²) in [6, 6.07) is 11.7. The Morgan fingerprint density at radius 1 is 1.10 bits per heavy atom. The number of nitrogens with one attached hydrogen (secondary N) is 1. The number of hydrogen-bond donors (Lipinski definition) is 1. The maximum atomic E-state index is 12.9. The third kappa shape index (κ3) is 5.16. The van der Waals surface area contributed by atoms with E-state index in [1.807, 2.05) is 13.8 Å². The second-order valence-corrected chi connectivity index (χ2v) is 7.14. The number of hydrogen-bond acceptors (Lipinski definition) is 4. The zero-order valence-corrected chi connectivity index (χ0v) is 16.7. The van der Waals surface area contributed by atoms with Crippen molar-refractivity contribution in [1.82, 2.24) is 14.8 Å². The van der Waals surface area contributed by atoms with Crippen LogP contribution in [0.1, 0.15) is 26.3 Å². The van der Waals surface area contributed by atoms with Crippen molar-refractivity contribution in [2.45, 2.75) is 26.9 Å². The number of anilines is 1. The molecule has 1 aromatic heterocycles. The average Bonchev–Trinajstić information content (AvgIpc) is 3.10. The molecule has 3 aromatic rings. The maximum absolute atomic E-state index is 12.9. The van der Waals surface area contributed by atoms with Crippen LogP contribution in [-0.2, 0) is 11.0 Å². The molecule has 30 heavy (non-hydrogen) atoms. The fraction of sp³-hybridized carbons (Fsp3) is 0.286. The summed E-state index contributed by atoms with van der Waals surface area (Å²) in [6.07, 6.45) is -4.42. The molecule has 1 amide bonds. The molecule has 0 fully saturated rings. The van der Waals surface area contributed by atoms with Crippen molar-refractivity contribution in [1.29, 1.82) is 0 Å². The molecule has 0 saturated heterocycles. The van der Waals surface area contributed by atoms with Crippen LogP contribution in [0.4, 0.5) is 18.9 Å². The van der Waals surface area contributed by atoms with Gasteiger partial charge < -0.3 is 10.1 Å². The van der Waals surface area contributed by atoms with E-state index in [1.165, 1.54) is 23.7 Å². The molecular weight excluding hydrogens is 397 g/mol. The lowest BCUT2D eigenvalue weighted by Crippen LogP contribution is -2.07. The summed E-state index contributed by atoms with van der Waals surface area (Å²) in [5.74, 6) is 0.400. The number of nitrogens with zero attached hydrogens (tertiary/aromatic N) is 3. The first-order valence-corrected chi connectivity index (χ1v) is 9.29. The van der Waals surface area contributed by atoms with Crippen molar-refractivity contribution < 1.29 is 22.7 Å². The van der Waals surface area contributed by atoms with Crippen LogP contribution in [0.2, 0.25) is 0 Å². The van der Waals surface area contributed by atoms with Gasteiger partial charge >= 0.3 is 12.2 Å². The number of alkyl halides is 3. The molecule has 0 unspecified atom stereocenters. The van der Waals surface area contributed by atoms with Crippen molar-refractivity contribution in [3.05, 3.63) is 54.1 Å². The number of benzene rings is 2. The summed E-state index contributed by atoms with van der Waals surface area (Å²) in [5, 5.41) is 7.04. The summed E-state index contributed by atoms with van der Waals surface area (Å²) >= 11 is 0. The number of ether oxygens (including phenoxy) is 1. The van der Waals surface area contributed by atoms with E-state index in [0.29, 0.717) is 29.4 Å². The van der Waals surface area contributed by atoms with Crippen molar-refractivity contribution >= 4 is 11.6 Å². The van der Waals surface area contributed by atoms with Gasteiger partial charge in [-0.15, -0.1) is 5.10 Å². The van der Waals surface area contributed by atoms with Crippen molar-refractivity contribution in [2.24, 2.45) is 5.92 Å². The van der Waals surface area contributed by atoms with Crippen LogP contribution in [0.3, 0.4) is 0 Å². The maximum Gasteiger partial charge on any atom is 0.416 e. The predicted octanol–water partition coefficient (Wildman–Crippen LogP) is 4.95. The van der Waals surface area contributed by atoms with E-state index in [9.17, 15) is 18.0 Å². The highest BCUT2D eigenvalue weighted by atomic mass is 19.4. The molecule has 6 nitrogen and oxygen atoms in total. The van der Waals surface area contributed by atoms with Crippen LogP contribution < -0.4 is 10.1 Å². The first kappa shape index (κ1) is 21.4. The smallest absolute Gasteiger partial charge is 0.416 e. The number of carbonyl (C=O) groups is 1. The normalized spacial score (nSPS) is 11.6. The molecule has 0 aliphatic rings. The Kier molecular flexibility index (Phi) is 6.09. The van der Waals surface area contributed by atoms with Gasteiger partial charge in [-0.05, 0) is 42.3 Å². The highest BCUT2D eigenvalue weighted by Gasteiger charge is 2.30. The molecule has 3 rings (SSSR count). The van der Waals surface area contributed by atoms with Crippen molar-refractivity contribution in [3.63, 3.8) is 0 Å². The quantitative estimate of drug-likeness (QED) is 0.615. The predicted molar refractivity (Wildman–Crippen MR) is 106 cm³/mol. The van der Waals surface area contributed by atoms with Gasteiger partial charge in [-0.1, -0.05) is 26.0 Å². The highest BCUT2D eigenvalue weighted by Crippen LogP contribution is 2.31. The Hall–Kier alpha value is -3.36. The van der Waals surface area contributed by atoms with Gasteiger partial charge in [0.05, 0.1) is 17.9 Å². The number of amides is 1. The van der Waals surface area contributed by atoms with Gasteiger partial charge in [0.25, 0.3) is 0 Å². The first-order valence-electron chi connectivity index (χ1n) is 9.29. The molecule has 0 saturated carbocycles. The van der Waals surface area contributed by atoms with E-state index >= 15 is 0 Å². The fourth-order valence-corrected chi connectivity index (χ4v) is 2.66. The van der Waals surface area contributed by atoms with Gasteiger partial charge in [0.2, 0.25) is 5.91 Å². The van der Waals surface area contributed by atoms with Crippen LogP contribution in [0.15, 0.2) is 48.5 Å². The minimum absolute atomic E-state index is 0.129. The third-order valence-corrected chi connectivity index (χ3v) is 4.04. The second kappa shape index (κ2) is 8.56. The molecule has 0 aliphatic heterocycles. The Labute approximate surface area is 171 Å². The van der Waals surface area contributed by atoms with E-state index in [1.54, 1.807) is 24.3 Å². The Bertz CT molecular complexity index is 1010. The lowest BCUT2D eigenvalue weighted by Gasteiger charge is -2.09. The van der Waals surface area contributed by atoms with E-state index in [2.05, 4.69) is 15.4 Å². The molecule has 0 aliphatic carbocycles. The third-order valence-electron chi connectivity index (χ3n) is 4.04. The standard InChI is InChI=1S/C21H21F3N4O2/c1-13(2)12-30-20-26-19(15-4-6-16(7-5-15)21(22,23)24)28(27-20)18-10-8-17(9-11-18)25-14(3)29/h4-11,13H,12H2,1-3H3,(H,25,29). The van der Waals surface area contributed by atoms with Crippen molar-refractivity contribution in [2.75, 3.05) is 11.9 Å². The Morgan fingerprint density at radius 2 is 1.73 bits per heavy atom. The van der Waals surface area contributed by atoms with Crippen LogP contribution in [-0.4, -0.2) is 27.3 Å². The lowest BCUT2D eigenvalue weighted by molar-refractivity contribution is -0.137. The topological polar surface area (TPSA) is 69.0 Å². The van der Waals surface area contributed by atoms with Crippen LogP contribution in [0, 0.1) is 5.92 Å². The minimum Gasteiger partial charge on any atom is -0.462 e. The molecule has 1 N–H and O–H groups in total. The molecule has 2 aromatic carbocycles. The Morgan fingerprint density at radius 3 is 2.27 bits per heavy atom. The van der Waals surface area contributed by atoms with Crippen molar-refractivity contribution in [3.8, 4) is 23.1 Å². The van der Waals surface area contributed by atoms with Crippen LogP contribution >= 0.6 is 0 Å². The zero-order chi connectivity index (χ0) is 21.9. The zero-order valence-electron chi connectivity index (χ0n) is 16.7. The number of halogens is 3. The van der Waals surface area contributed by atoms with Gasteiger partial charge in [-0.25, -0.2) is 4.68 Å².